The summed E-state index contributed by atoms with van der Waals surface area (Å²) < 4.78 is 34.5. The first-order chi connectivity index (χ1) is 12.5. The number of anilines is 2. The van der Waals surface area contributed by atoms with Crippen molar-refractivity contribution in [1.82, 2.24) is 25.5 Å². The van der Waals surface area contributed by atoms with Gasteiger partial charge in [0.2, 0.25) is 11.8 Å². The van der Waals surface area contributed by atoms with Crippen LogP contribution in [0.3, 0.4) is 0 Å². The van der Waals surface area contributed by atoms with E-state index in [1.807, 2.05) is 0 Å². The van der Waals surface area contributed by atoms with Gasteiger partial charge in [-0.1, -0.05) is 6.92 Å². The average molecular weight is 368 g/mol. The fourth-order valence-corrected chi connectivity index (χ4v) is 3.02. The number of hydrogen-bond donors (Lipinski definition) is 3. The molecule has 3 heterocycles. The van der Waals surface area contributed by atoms with Gasteiger partial charge in [-0.05, 0) is 26.2 Å². The van der Waals surface area contributed by atoms with E-state index in [4.69, 9.17) is 4.74 Å². The third-order valence-corrected chi connectivity index (χ3v) is 4.10. The highest BCUT2D eigenvalue weighted by Crippen LogP contribution is 2.23. The summed E-state index contributed by atoms with van der Waals surface area (Å²) in [4.78, 5) is 8.46. The molecule has 2 unspecified atom stereocenters. The van der Waals surface area contributed by atoms with Crippen LogP contribution in [0.15, 0.2) is 18.5 Å². The summed E-state index contributed by atoms with van der Waals surface area (Å²) in [6.45, 7) is 1.36. The predicted molar refractivity (Wildman–Crippen MR) is 90.9 cm³/mol. The normalized spacial score (nSPS) is 23.0. The summed E-state index contributed by atoms with van der Waals surface area (Å²) in [7, 11) is 0. The van der Waals surface area contributed by atoms with E-state index in [-0.39, 0.29) is 12.0 Å². The Bertz CT molecular complexity index is 714. The van der Waals surface area contributed by atoms with E-state index in [9.17, 15) is 8.78 Å². The van der Waals surface area contributed by atoms with Gasteiger partial charge in [-0.25, -0.2) is 0 Å². The fourth-order valence-electron chi connectivity index (χ4n) is 3.02. The minimum absolute atomic E-state index is 0.0685. The minimum atomic E-state index is -2.93. The Balaban J connectivity index is 1.62. The van der Waals surface area contributed by atoms with E-state index in [2.05, 4.69) is 49.4 Å². The molecule has 0 amide bonds. The Hall–Kier alpha value is -2.49. The Kier molecular flexibility index (Phi) is 5.82. The van der Waals surface area contributed by atoms with E-state index >= 15 is 0 Å². The van der Waals surface area contributed by atoms with Crippen molar-refractivity contribution in [2.24, 2.45) is 0 Å². The lowest BCUT2D eigenvalue weighted by Gasteiger charge is -2.34. The second-order valence-corrected chi connectivity index (χ2v) is 6.25. The highest BCUT2D eigenvalue weighted by Gasteiger charge is 2.26. The molecular formula is C16H22F2N6O2. The summed E-state index contributed by atoms with van der Waals surface area (Å²) in [6, 6.07) is 2.12. The zero-order valence-electron chi connectivity index (χ0n) is 14.6. The monoisotopic (exact) mass is 368 g/mol. The van der Waals surface area contributed by atoms with Crippen molar-refractivity contribution < 1.29 is 18.3 Å². The molecule has 3 rings (SSSR count). The summed E-state index contributed by atoms with van der Waals surface area (Å²) in [5.74, 6) is 0.960. The number of hydrogen-bond acceptors (Lipinski definition) is 7. The van der Waals surface area contributed by atoms with Crippen LogP contribution in [0.25, 0.3) is 0 Å². The molecule has 0 radical (unpaired) electrons. The van der Waals surface area contributed by atoms with Crippen LogP contribution in [0.2, 0.25) is 0 Å². The van der Waals surface area contributed by atoms with Crippen LogP contribution in [0.1, 0.15) is 33.1 Å². The number of nitrogens with zero attached hydrogens (tertiary/aromatic N) is 3. The van der Waals surface area contributed by atoms with Crippen molar-refractivity contribution in [3.63, 3.8) is 0 Å². The van der Waals surface area contributed by atoms with Crippen LogP contribution in [0.5, 0.6) is 11.8 Å². The van der Waals surface area contributed by atoms with Gasteiger partial charge in [-0.3, -0.25) is 10.1 Å². The molecular weight excluding hydrogens is 346 g/mol. The lowest BCUT2D eigenvalue weighted by molar-refractivity contribution is -0.0528. The number of piperidine rings is 1. The van der Waals surface area contributed by atoms with Crippen molar-refractivity contribution >= 4 is 11.6 Å². The second-order valence-electron chi connectivity index (χ2n) is 6.25. The maximum absolute atomic E-state index is 12.2. The molecule has 10 heteroatoms. The van der Waals surface area contributed by atoms with E-state index in [1.54, 1.807) is 6.20 Å². The molecule has 3 atom stereocenters. The lowest BCUT2D eigenvalue weighted by Crippen LogP contribution is -2.47. The van der Waals surface area contributed by atoms with Gasteiger partial charge in [0.1, 0.15) is 11.9 Å². The number of alkyl halides is 2. The molecule has 1 saturated heterocycles. The SMILES string of the molecule is CC[C@@H]1CC(Oc2cncc(Nc3cc(OC(F)F)n[nH]3)n2)CC(C)N1. The van der Waals surface area contributed by atoms with Crippen LogP contribution in [-0.2, 0) is 0 Å². The van der Waals surface area contributed by atoms with Gasteiger partial charge in [0.25, 0.3) is 0 Å². The average Bonchev–Trinajstić information content (AvgIpc) is 3.00. The van der Waals surface area contributed by atoms with Gasteiger partial charge < -0.3 is 20.1 Å². The largest absolute Gasteiger partial charge is 0.473 e. The highest BCUT2D eigenvalue weighted by atomic mass is 19.3. The van der Waals surface area contributed by atoms with Crippen LogP contribution >= 0.6 is 0 Å². The van der Waals surface area contributed by atoms with E-state index < -0.39 is 6.61 Å². The van der Waals surface area contributed by atoms with Crippen LogP contribution in [-0.4, -0.2) is 45.0 Å². The van der Waals surface area contributed by atoms with Crippen molar-refractivity contribution in [2.45, 2.75) is 57.9 Å². The van der Waals surface area contributed by atoms with Gasteiger partial charge in [0.05, 0.1) is 12.4 Å². The number of rotatable bonds is 7. The molecule has 0 spiro atoms. The Labute approximate surface area is 149 Å². The zero-order chi connectivity index (χ0) is 18.5. The summed E-state index contributed by atoms with van der Waals surface area (Å²) in [5.41, 5.74) is 0. The smallest absolute Gasteiger partial charge is 0.388 e. The summed E-state index contributed by atoms with van der Waals surface area (Å²) >= 11 is 0. The lowest BCUT2D eigenvalue weighted by atomic mass is 9.95. The number of aromatic amines is 1. The maximum atomic E-state index is 12.2. The number of H-pyrrole nitrogens is 1. The molecule has 142 valence electrons. The molecule has 2 aromatic heterocycles. The number of ether oxygens (including phenoxy) is 2. The Morgan fingerprint density at radius 1 is 1.31 bits per heavy atom. The van der Waals surface area contributed by atoms with Gasteiger partial charge in [0, 0.05) is 18.2 Å². The molecule has 0 bridgehead atoms. The third kappa shape index (κ3) is 5.01. The molecule has 0 aromatic carbocycles. The Morgan fingerprint density at radius 3 is 2.92 bits per heavy atom. The molecule has 0 aliphatic carbocycles. The van der Waals surface area contributed by atoms with E-state index in [1.165, 1.54) is 12.3 Å². The van der Waals surface area contributed by atoms with Crippen molar-refractivity contribution in [1.29, 1.82) is 0 Å². The van der Waals surface area contributed by atoms with Gasteiger partial charge in [0.15, 0.2) is 5.82 Å². The van der Waals surface area contributed by atoms with Gasteiger partial charge in [-0.2, -0.15) is 13.8 Å². The molecule has 26 heavy (non-hydrogen) atoms. The second kappa shape index (κ2) is 8.26. The van der Waals surface area contributed by atoms with Crippen molar-refractivity contribution in [3.8, 4) is 11.8 Å². The van der Waals surface area contributed by atoms with Crippen LogP contribution < -0.4 is 20.1 Å². The third-order valence-electron chi connectivity index (χ3n) is 4.10. The molecule has 1 aliphatic rings. The van der Waals surface area contributed by atoms with Crippen molar-refractivity contribution in [3.05, 3.63) is 18.5 Å². The van der Waals surface area contributed by atoms with Gasteiger partial charge in [-0.15, -0.1) is 5.10 Å². The molecule has 8 nitrogen and oxygen atoms in total. The maximum Gasteiger partial charge on any atom is 0.388 e. The summed E-state index contributed by atoms with van der Waals surface area (Å²) in [6.07, 6.45) is 5.97. The van der Waals surface area contributed by atoms with Crippen molar-refractivity contribution in [2.75, 3.05) is 5.32 Å². The van der Waals surface area contributed by atoms with Crippen LogP contribution in [0.4, 0.5) is 20.4 Å². The highest BCUT2D eigenvalue weighted by molar-refractivity contribution is 5.51. The zero-order valence-corrected chi connectivity index (χ0v) is 14.6. The quantitative estimate of drug-likeness (QED) is 0.691. The Morgan fingerprint density at radius 2 is 2.15 bits per heavy atom. The van der Waals surface area contributed by atoms with Crippen LogP contribution in [0, 0.1) is 0 Å². The minimum Gasteiger partial charge on any atom is -0.473 e. The molecule has 2 aromatic rings. The topological polar surface area (TPSA) is 97.0 Å². The fraction of sp³-hybridized carbons (Fsp3) is 0.562. The summed E-state index contributed by atoms with van der Waals surface area (Å²) in [5, 5.41) is 12.6. The number of halogens is 2. The van der Waals surface area contributed by atoms with E-state index in [0.29, 0.717) is 29.6 Å². The first-order valence-corrected chi connectivity index (χ1v) is 8.53. The number of nitrogens with one attached hydrogen (secondary N) is 3. The molecule has 3 N–H and O–H groups in total. The molecule has 0 saturated carbocycles. The van der Waals surface area contributed by atoms with Gasteiger partial charge >= 0.3 is 6.61 Å². The first kappa shape index (κ1) is 18.3. The first-order valence-electron chi connectivity index (χ1n) is 8.53. The number of aromatic nitrogens is 4. The van der Waals surface area contributed by atoms with E-state index in [0.717, 1.165) is 19.3 Å². The standard InChI is InChI=1S/C16H22F2N6O2/c1-3-10-5-11(4-9(2)20-10)25-15-8-19-7-13(22-15)21-12-6-14(24-23-12)26-16(17)18/h6-11,16,20H,3-5H2,1-2H3,(H2,21,22,23,24)/t9?,10-,11?/m1/s1. The predicted octanol–water partition coefficient (Wildman–Crippen LogP) is 2.84. The molecule has 1 fully saturated rings. The molecule has 1 aliphatic heterocycles.